The Morgan fingerprint density at radius 1 is 1.45 bits per heavy atom. The van der Waals surface area contributed by atoms with Crippen molar-refractivity contribution in [3.05, 3.63) is 34.5 Å². The maximum atomic E-state index is 10.0. The molecule has 1 aromatic heterocycles. The Labute approximate surface area is 178 Å². The molecule has 158 valence electrons. The lowest BCUT2D eigenvalue weighted by Gasteiger charge is -2.41. The Hall–Kier alpha value is -2.08. The molecule has 29 heavy (non-hydrogen) atoms. The fourth-order valence-corrected chi connectivity index (χ4v) is 3.80. The minimum absolute atomic E-state index is 0.272. The van der Waals surface area contributed by atoms with Gasteiger partial charge in [0.15, 0.2) is 0 Å². The number of aliphatic hydroxyl groups is 1. The van der Waals surface area contributed by atoms with Crippen LogP contribution in [0.5, 0.6) is 0 Å². The second-order valence-electron chi connectivity index (χ2n) is 7.45. The molecule has 1 aliphatic rings. The molecule has 1 aromatic rings. The van der Waals surface area contributed by atoms with Gasteiger partial charge in [0.1, 0.15) is 30.3 Å². The Morgan fingerprint density at radius 2 is 2.21 bits per heavy atom. The van der Waals surface area contributed by atoms with Gasteiger partial charge in [-0.2, -0.15) is 5.26 Å². The fraction of sp³-hybridized carbons (Fsp3) is 0.571. The third-order valence-electron chi connectivity index (χ3n) is 4.48. The SMILES string of the molecule is C/C=C(/C#N)S/C(=C/CCC)Nc1cc(N2CC(CC(O)NC(C)C)C2)ncn1. The van der Waals surface area contributed by atoms with Gasteiger partial charge in [0.05, 0.1) is 9.93 Å². The van der Waals surface area contributed by atoms with Gasteiger partial charge in [0, 0.05) is 25.2 Å². The zero-order valence-electron chi connectivity index (χ0n) is 17.7. The quantitative estimate of drug-likeness (QED) is 0.370. The van der Waals surface area contributed by atoms with Crippen molar-refractivity contribution in [1.82, 2.24) is 15.3 Å². The first-order chi connectivity index (χ1) is 13.9. The van der Waals surface area contributed by atoms with Gasteiger partial charge in [-0.3, -0.25) is 5.32 Å². The van der Waals surface area contributed by atoms with Crippen molar-refractivity contribution in [3.63, 3.8) is 0 Å². The summed E-state index contributed by atoms with van der Waals surface area (Å²) in [6.07, 6.45) is 7.70. The molecule has 0 amide bonds. The number of nitrogens with zero attached hydrogens (tertiary/aromatic N) is 4. The molecule has 0 spiro atoms. The van der Waals surface area contributed by atoms with E-state index in [1.54, 1.807) is 12.4 Å². The van der Waals surface area contributed by atoms with Crippen molar-refractivity contribution in [2.24, 2.45) is 5.92 Å². The third-order valence-corrected chi connectivity index (χ3v) is 5.51. The van der Waals surface area contributed by atoms with E-state index in [1.165, 1.54) is 11.8 Å². The van der Waals surface area contributed by atoms with Crippen molar-refractivity contribution < 1.29 is 5.11 Å². The Morgan fingerprint density at radius 3 is 2.83 bits per heavy atom. The highest BCUT2D eigenvalue weighted by Gasteiger charge is 2.29. The minimum Gasteiger partial charge on any atom is -0.379 e. The summed E-state index contributed by atoms with van der Waals surface area (Å²) < 4.78 is 0. The molecule has 3 N–H and O–H groups in total. The van der Waals surface area contributed by atoms with Crippen LogP contribution in [0.15, 0.2) is 34.5 Å². The zero-order chi connectivity index (χ0) is 21.2. The molecular weight excluding hydrogens is 384 g/mol. The molecule has 2 heterocycles. The fourth-order valence-electron chi connectivity index (χ4n) is 3.05. The van der Waals surface area contributed by atoms with Crippen molar-refractivity contribution in [2.75, 3.05) is 23.3 Å². The van der Waals surface area contributed by atoms with Crippen LogP contribution in [0, 0.1) is 17.2 Å². The number of nitriles is 1. The second kappa shape index (κ2) is 11.8. The normalized spacial score (nSPS) is 16.5. The van der Waals surface area contributed by atoms with Crippen LogP contribution in [0.3, 0.4) is 0 Å². The van der Waals surface area contributed by atoms with Gasteiger partial charge in [-0.05, 0) is 39.5 Å². The van der Waals surface area contributed by atoms with Crippen molar-refractivity contribution in [2.45, 2.75) is 59.2 Å². The predicted octanol–water partition coefficient (Wildman–Crippen LogP) is 3.83. The molecule has 8 heteroatoms. The molecule has 2 rings (SSSR count). The van der Waals surface area contributed by atoms with E-state index in [0.29, 0.717) is 16.6 Å². The first-order valence-corrected chi connectivity index (χ1v) is 11.0. The zero-order valence-corrected chi connectivity index (χ0v) is 18.5. The topological polar surface area (TPSA) is 97.1 Å². The number of rotatable bonds is 11. The number of aliphatic hydroxyl groups excluding tert-OH is 1. The van der Waals surface area contributed by atoms with Crippen LogP contribution >= 0.6 is 11.8 Å². The maximum Gasteiger partial charge on any atom is 0.136 e. The molecule has 0 aliphatic carbocycles. The monoisotopic (exact) mass is 416 g/mol. The van der Waals surface area contributed by atoms with E-state index >= 15 is 0 Å². The Kier molecular flexibility index (Phi) is 9.45. The van der Waals surface area contributed by atoms with E-state index in [9.17, 15) is 10.4 Å². The summed E-state index contributed by atoms with van der Waals surface area (Å²) in [4.78, 5) is 11.6. The number of hydrogen-bond acceptors (Lipinski definition) is 8. The largest absolute Gasteiger partial charge is 0.379 e. The molecule has 1 atom stereocenters. The number of nitrogens with one attached hydrogen (secondary N) is 2. The summed E-state index contributed by atoms with van der Waals surface area (Å²) in [5.74, 6) is 2.03. The first-order valence-electron chi connectivity index (χ1n) is 10.2. The maximum absolute atomic E-state index is 10.0. The van der Waals surface area contributed by atoms with E-state index < -0.39 is 6.23 Å². The molecule has 1 fully saturated rings. The molecule has 0 aromatic carbocycles. The number of unbranched alkanes of at least 4 members (excludes halogenated alkanes) is 1. The summed E-state index contributed by atoms with van der Waals surface area (Å²) in [7, 11) is 0. The van der Waals surface area contributed by atoms with Gasteiger partial charge in [-0.25, -0.2) is 9.97 Å². The number of anilines is 2. The molecular formula is C21H32N6OS. The molecule has 1 unspecified atom stereocenters. The van der Waals surface area contributed by atoms with Crippen LogP contribution in [0.25, 0.3) is 0 Å². The van der Waals surface area contributed by atoms with E-state index in [4.69, 9.17) is 0 Å². The number of allylic oxidation sites excluding steroid dienone is 3. The van der Waals surface area contributed by atoms with E-state index in [1.807, 2.05) is 26.8 Å². The smallest absolute Gasteiger partial charge is 0.136 e. The van der Waals surface area contributed by atoms with Gasteiger partial charge in [-0.1, -0.05) is 37.3 Å². The van der Waals surface area contributed by atoms with Crippen LogP contribution in [-0.2, 0) is 0 Å². The molecule has 1 saturated heterocycles. The van der Waals surface area contributed by atoms with E-state index in [2.05, 4.69) is 44.6 Å². The summed E-state index contributed by atoms with van der Waals surface area (Å²) in [6, 6.07) is 4.40. The third kappa shape index (κ3) is 7.69. The second-order valence-corrected chi connectivity index (χ2v) is 8.54. The highest BCUT2D eigenvalue weighted by Crippen LogP contribution is 2.29. The Bertz CT molecular complexity index is 752. The summed E-state index contributed by atoms with van der Waals surface area (Å²) in [6.45, 7) is 9.79. The highest BCUT2D eigenvalue weighted by atomic mass is 32.2. The molecule has 0 radical (unpaired) electrons. The van der Waals surface area contributed by atoms with Gasteiger partial charge >= 0.3 is 0 Å². The van der Waals surface area contributed by atoms with E-state index in [0.717, 1.165) is 43.2 Å². The van der Waals surface area contributed by atoms with Crippen LogP contribution < -0.4 is 15.5 Å². The standard InChI is InChI=1S/C21H32N6OS/c1-5-7-8-21(29-17(6-2)11-22)26-18-10-19(24-14-23-18)27-12-16(13-27)9-20(28)25-15(3)4/h6,8,10,14-16,20,25,28H,5,7,9,12-13H2,1-4H3,(H,23,24,26)/b17-6-,21-8+. The van der Waals surface area contributed by atoms with Gasteiger partial charge in [-0.15, -0.1) is 0 Å². The van der Waals surface area contributed by atoms with E-state index in [-0.39, 0.29) is 6.04 Å². The van der Waals surface area contributed by atoms with Gasteiger partial charge in [0.2, 0.25) is 0 Å². The molecule has 0 bridgehead atoms. The van der Waals surface area contributed by atoms with Crippen LogP contribution in [0.1, 0.15) is 47.0 Å². The summed E-state index contributed by atoms with van der Waals surface area (Å²) in [5, 5.41) is 26.6. The van der Waals surface area contributed by atoms with Crippen LogP contribution in [-0.4, -0.2) is 40.4 Å². The molecule has 0 saturated carbocycles. The molecule has 7 nitrogen and oxygen atoms in total. The predicted molar refractivity (Wildman–Crippen MR) is 120 cm³/mol. The lowest BCUT2D eigenvalue weighted by molar-refractivity contribution is 0.0928. The number of hydrogen-bond donors (Lipinski definition) is 3. The average Bonchev–Trinajstić information content (AvgIpc) is 2.66. The average molecular weight is 417 g/mol. The Balaban J connectivity index is 1.96. The summed E-state index contributed by atoms with van der Waals surface area (Å²) in [5.41, 5.74) is 0. The highest BCUT2D eigenvalue weighted by molar-refractivity contribution is 8.07. The first kappa shape index (κ1) is 23.2. The van der Waals surface area contributed by atoms with Crippen molar-refractivity contribution in [3.8, 4) is 6.07 Å². The number of aromatic nitrogens is 2. The number of thioether (sulfide) groups is 1. The van der Waals surface area contributed by atoms with Crippen LogP contribution in [0.2, 0.25) is 0 Å². The lowest BCUT2D eigenvalue weighted by Crippen LogP contribution is -2.50. The van der Waals surface area contributed by atoms with Crippen LogP contribution in [0.4, 0.5) is 11.6 Å². The van der Waals surface area contributed by atoms with Gasteiger partial charge in [0.25, 0.3) is 0 Å². The van der Waals surface area contributed by atoms with Crippen molar-refractivity contribution >= 4 is 23.4 Å². The minimum atomic E-state index is -0.464. The molecule has 1 aliphatic heterocycles. The lowest BCUT2D eigenvalue weighted by atomic mass is 9.95. The van der Waals surface area contributed by atoms with Crippen molar-refractivity contribution in [1.29, 1.82) is 5.26 Å². The van der Waals surface area contributed by atoms with Gasteiger partial charge < -0.3 is 15.3 Å². The summed E-state index contributed by atoms with van der Waals surface area (Å²) >= 11 is 1.41.